The highest BCUT2D eigenvalue weighted by Gasteiger charge is 2.03. The third-order valence-corrected chi connectivity index (χ3v) is 3.03. The number of aryl methyl sites for hydroxylation is 1. The molecule has 0 fully saturated rings. The van der Waals surface area contributed by atoms with Gasteiger partial charge in [-0.15, -0.1) is 0 Å². The fraction of sp³-hybridized carbons (Fsp3) is 0.273. The second kappa shape index (κ2) is 4.67. The molecule has 0 aliphatic carbocycles. The summed E-state index contributed by atoms with van der Waals surface area (Å²) >= 11 is 1.60. The minimum atomic E-state index is -0.516. The summed E-state index contributed by atoms with van der Waals surface area (Å²) in [4.78, 5) is 6.30. The van der Waals surface area contributed by atoms with Crippen molar-refractivity contribution in [1.29, 1.82) is 0 Å². The van der Waals surface area contributed by atoms with Crippen molar-refractivity contribution >= 4 is 11.8 Å². The molecule has 4 nitrogen and oxygen atoms in total. The second-order valence-corrected chi connectivity index (χ2v) is 4.69. The molecule has 0 saturated heterocycles. The van der Waals surface area contributed by atoms with Crippen LogP contribution in [-0.4, -0.2) is 19.9 Å². The van der Waals surface area contributed by atoms with E-state index >= 15 is 0 Å². The quantitative estimate of drug-likeness (QED) is 0.884. The Bertz CT molecular complexity index is 464. The van der Waals surface area contributed by atoms with Crippen LogP contribution in [0.5, 0.6) is 0 Å². The van der Waals surface area contributed by atoms with E-state index in [-0.39, 0.29) is 0 Å². The maximum atomic E-state index is 9.33. The lowest BCUT2D eigenvalue weighted by Gasteiger charge is -2.03. The predicted molar refractivity (Wildman–Crippen MR) is 62.2 cm³/mol. The van der Waals surface area contributed by atoms with Gasteiger partial charge in [-0.2, -0.15) is 5.10 Å². The Labute approximate surface area is 98.3 Å². The number of hydrogen-bond acceptors (Lipinski definition) is 4. The van der Waals surface area contributed by atoms with E-state index in [4.69, 9.17) is 0 Å². The fourth-order valence-corrected chi connectivity index (χ4v) is 2.11. The first-order valence-corrected chi connectivity index (χ1v) is 5.77. The molecule has 1 N–H and O–H groups in total. The normalized spacial score (nSPS) is 12.7. The molecule has 0 aliphatic heterocycles. The Morgan fingerprint density at radius 2 is 2.12 bits per heavy atom. The van der Waals surface area contributed by atoms with Gasteiger partial charge in [0.2, 0.25) is 0 Å². The van der Waals surface area contributed by atoms with Gasteiger partial charge in [-0.3, -0.25) is 9.67 Å². The van der Waals surface area contributed by atoms with Gasteiger partial charge in [0, 0.05) is 24.3 Å². The molecule has 0 aromatic carbocycles. The maximum Gasteiger partial charge on any atom is 0.0931 e. The van der Waals surface area contributed by atoms with E-state index in [0.717, 1.165) is 9.79 Å². The van der Waals surface area contributed by atoms with Crippen molar-refractivity contribution in [2.75, 3.05) is 0 Å². The zero-order valence-electron chi connectivity index (χ0n) is 9.16. The van der Waals surface area contributed by atoms with Crippen LogP contribution in [0.15, 0.2) is 40.5 Å². The summed E-state index contributed by atoms with van der Waals surface area (Å²) in [7, 11) is 1.89. The molecule has 0 saturated carbocycles. The van der Waals surface area contributed by atoms with Gasteiger partial charge < -0.3 is 5.11 Å². The highest BCUT2D eigenvalue weighted by molar-refractivity contribution is 7.99. The number of aliphatic hydroxyl groups is 1. The molecule has 0 amide bonds. The van der Waals surface area contributed by atoms with Crippen LogP contribution >= 0.6 is 11.8 Å². The Kier molecular flexibility index (Phi) is 3.26. The van der Waals surface area contributed by atoms with Crippen LogP contribution < -0.4 is 0 Å². The van der Waals surface area contributed by atoms with E-state index < -0.39 is 6.10 Å². The first-order chi connectivity index (χ1) is 7.65. The van der Waals surface area contributed by atoms with E-state index in [1.165, 1.54) is 0 Å². The average molecular weight is 235 g/mol. The maximum absolute atomic E-state index is 9.33. The molecular weight excluding hydrogens is 222 g/mol. The van der Waals surface area contributed by atoms with E-state index in [2.05, 4.69) is 10.1 Å². The third-order valence-electron chi connectivity index (χ3n) is 2.10. The summed E-state index contributed by atoms with van der Waals surface area (Å²) in [5.41, 5.74) is 0.690. The SMILES string of the molecule is C[C@H](O)c1ccc(Sc2cnn(C)c2)cn1. The molecule has 0 bridgehead atoms. The first-order valence-electron chi connectivity index (χ1n) is 4.95. The summed E-state index contributed by atoms with van der Waals surface area (Å²) < 4.78 is 1.76. The van der Waals surface area contributed by atoms with Gasteiger partial charge >= 0.3 is 0 Å². The van der Waals surface area contributed by atoms with Crippen LogP contribution in [-0.2, 0) is 7.05 Å². The monoisotopic (exact) mass is 235 g/mol. The number of nitrogens with zero attached hydrogens (tertiary/aromatic N) is 3. The molecule has 84 valence electrons. The highest BCUT2D eigenvalue weighted by atomic mass is 32.2. The van der Waals surface area contributed by atoms with Gasteiger partial charge in [-0.1, -0.05) is 11.8 Å². The fourth-order valence-electron chi connectivity index (χ4n) is 1.29. The molecule has 0 aliphatic rings. The molecule has 0 unspecified atom stereocenters. The third kappa shape index (κ3) is 2.62. The second-order valence-electron chi connectivity index (χ2n) is 3.55. The van der Waals surface area contributed by atoms with Crippen molar-refractivity contribution in [3.05, 3.63) is 36.4 Å². The van der Waals surface area contributed by atoms with Crippen molar-refractivity contribution in [3.63, 3.8) is 0 Å². The molecule has 2 aromatic rings. The summed E-state index contributed by atoms with van der Waals surface area (Å²) in [5.74, 6) is 0. The largest absolute Gasteiger partial charge is 0.387 e. The number of rotatable bonds is 3. The first kappa shape index (κ1) is 11.2. The number of pyridine rings is 1. The van der Waals surface area contributed by atoms with Gasteiger partial charge in [0.05, 0.1) is 22.9 Å². The van der Waals surface area contributed by atoms with Crippen LogP contribution in [0.25, 0.3) is 0 Å². The molecule has 5 heteroatoms. The molecule has 2 rings (SSSR count). The minimum absolute atomic E-state index is 0.516. The van der Waals surface area contributed by atoms with Gasteiger partial charge in [0.25, 0.3) is 0 Å². The summed E-state index contributed by atoms with van der Waals surface area (Å²) in [6.07, 6.45) is 5.01. The summed E-state index contributed by atoms with van der Waals surface area (Å²) in [6, 6.07) is 3.79. The Morgan fingerprint density at radius 1 is 1.31 bits per heavy atom. The Morgan fingerprint density at radius 3 is 2.62 bits per heavy atom. The van der Waals surface area contributed by atoms with Crippen LogP contribution in [0.2, 0.25) is 0 Å². The standard InChI is InChI=1S/C11H13N3OS/c1-8(15)11-4-3-9(5-12-11)16-10-6-13-14(2)7-10/h3-8,15H,1-2H3/t8-/m0/s1. The summed E-state index contributed by atoms with van der Waals surface area (Å²) in [5, 5.41) is 13.4. The van der Waals surface area contributed by atoms with Crippen molar-refractivity contribution < 1.29 is 5.11 Å². The zero-order valence-corrected chi connectivity index (χ0v) is 9.98. The molecule has 2 heterocycles. The highest BCUT2D eigenvalue weighted by Crippen LogP contribution is 2.26. The topological polar surface area (TPSA) is 50.9 Å². The lowest BCUT2D eigenvalue weighted by molar-refractivity contribution is 0.194. The van der Waals surface area contributed by atoms with E-state index in [9.17, 15) is 5.11 Å². The van der Waals surface area contributed by atoms with Gasteiger partial charge in [0.15, 0.2) is 0 Å². The molecule has 2 aromatic heterocycles. The van der Waals surface area contributed by atoms with Crippen molar-refractivity contribution in [1.82, 2.24) is 14.8 Å². The Balaban J connectivity index is 2.11. The van der Waals surface area contributed by atoms with Crippen LogP contribution in [0, 0.1) is 0 Å². The van der Waals surface area contributed by atoms with Crippen LogP contribution in [0.3, 0.4) is 0 Å². The van der Waals surface area contributed by atoms with Crippen LogP contribution in [0.1, 0.15) is 18.7 Å². The van der Waals surface area contributed by atoms with Gasteiger partial charge in [-0.25, -0.2) is 0 Å². The zero-order chi connectivity index (χ0) is 11.5. The predicted octanol–water partition coefficient (Wildman–Crippen LogP) is 2.02. The number of hydrogen-bond donors (Lipinski definition) is 1. The smallest absolute Gasteiger partial charge is 0.0931 e. The molecular formula is C11H13N3OS. The molecule has 16 heavy (non-hydrogen) atoms. The van der Waals surface area contributed by atoms with Crippen molar-refractivity contribution in [3.8, 4) is 0 Å². The average Bonchev–Trinajstić information content (AvgIpc) is 2.65. The molecule has 1 atom stereocenters. The minimum Gasteiger partial charge on any atom is -0.387 e. The van der Waals surface area contributed by atoms with Crippen molar-refractivity contribution in [2.45, 2.75) is 22.8 Å². The van der Waals surface area contributed by atoms with Crippen molar-refractivity contribution in [2.24, 2.45) is 7.05 Å². The molecule has 0 radical (unpaired) electrons. The number of aromatic nitrogens is 3. The van der Waals surface area contributed by atoms with E-state index in [1.54, 1.807) is 29.6 Å². The number of aliphatic hydroxyl groups excluding tert-OH is 1. The van der Waals surface area contributed by atoms with Crippen LogP contribution in [0.4, 0.5) is 0 Å². The lowest BCUT2D eigenvalue weighted by Crippen LogP contribution is -1.94. The van der Waals surface area contributed by atoms with E-state index in [0.29, 0.717) is 5.69 Å². The molecule has 0 spiro atoms. The van der Waals surface area contributed by atoms with Gasteiger partial charge in [-0.05, 0) is 19.1 Å². The summed E-state index contributed by atoms with van der Waals surface area (Å²) in [6.45, 7) is 1.70. The Hall–Kier alpha value is -1.33. The van der Waals surface area contributed by atoms with E-state index in [1.807, 2.05) is 31.6 Å². The lowest BCUT2D eigenvalue weighted by atomic mass is 10.2. The van der Waals surface area contributed by atoms with Gasteiger partial charge in [0.1, 0.15) is 0 Å².